The smallest absolute Gasteiger partial charge is 0.354 e. The summed E-state index contributed by atoms with van der Waals surface area (Å²) >= 11 is 0. The van der Waals surface area contributed by atoms with Gasteiger partial charge in [0.15, 0.2) is 0 Å². The Morgan fingerprint density at radius 3 is 2.73 bits per heavy atom. The lowest BCUT2D eigenvalue weighted by Crippen LogP contribution is -2.04. The van der Waals surface area contributed by atoms with E-state index in [4.69, 9.17) is 10.2 Å². The van der Waals surface area contributed by atoms with E-state index >= 15 is 0 Å². The largest absolute Gasteiger partial charge is 0.477 e. The molecular weight excluding hydrogens is 148 g/mol. The highest BCUT2D eigenvalue weighted by atomic mass is 16.4. The van der Waals surface area contributed by atoms with Crippen molar-refractivity contribution in [2.75, 3.05) is 0 Å². The van der Waals surface area contributed by atoms with Crippen molar-refractivity contribution in [3.63, 3.8) is 0 Å². The summed E-state index contributed by atoms with van der Waals surface area (Å²) in [4.78, 5) is 10.4. The van der Waals surface area contributed by atoms with Crippen molar-refractivity contribution >= 4 is 5.97 Å². The molecule has 60 valence electrons. The van der Waals surface area contributed by atoms with Gasteiger partial charge in [-0.2, -0.15) is 5.10 Å². The van der Waals surface area contributed by atoms with E-state index in [0.717, 1.165) is 0 Å². The maximum Gasteiger partial charge on any atom is 0.354 e. The maximum atomic E-state index is 10.4. The Balaban J connectivity index is 3.07. The number of nitrogens with zero attached hydrogens (tertiary/aromatic N) is 2. The van der Waals surface area contributed by atoms with Crippen molar-refractivity contribution in [2.45, 2.75) is 6.61 Å². The van der Waals surface area contributed by atoms with E-state index in [9.17, 15) is 4.79 Å². The zero-order valence-electron chi connectivity index (χ0n) is 5.98. The number of aliphatic hydroxyl groups is 1. The van der Waals surface area contributed by atoms with Gasteiger partial charge in [-0.05, 0) is 6.07 Å². The molecule has 0 unspecified atom stereocenters. The van der Waals surface area contributed by atoms with Crippen LogP contribution in [0.3, 0.4) is 0 Å². The number of carboxylic acids is 1. The first-order valence-electron chi connectivity index (χ1n) is 3.02. The van der Waals surface area contributed by atoms with E-state index in [-0.39, 0.29) is 12.3 Å². The number of carboxylic acid groups (broad SMARTS) is 1. The van der Waals surface area contributed by atoms with Gasteiger partial charge in [-0.1, -0.05) is 0 Å². The summed E-state index contributed by atoms with van der Waals surface area (Å²) in [7, 11) is 1.52. The van der Waals surface area contributed by atoms with Gasteiger partial charge in [0.2, 0.25) is 0 Å². The molecule has 0 aromatic carbocycles. The molecule has 0 aliphatic carbocycles. The Morgan fingerprint density at radius 2 is 2.45 bits per heavy atom. The van der Waals surface area contributed by atoms with Gasteiger partial charge < -0.3 is 10.2 Å². The number of rotatable bonds is 2. The van der Waals surface area contributed by atoms with E-state index < -0.39 is 5.97 Å². The summed E-state index contributed by atoms with van der Waals surface area (Å²) < 4.78 is 1.22. The quantitative estimate of drug-likeness (QED) is 0.611. The second-order valence-corrected chi connectivity index (χ2v) is 2.11. The van der Waals surface area contributed by atoms with E-state index in [1.165, 1.54) is 17.8 Å². The molecule has 2 N–H and O–H groups in total. The zero-order chi connectivity index (χ0) is 8.43. The Labute approximate surface area is 62.9 Å². The highest BCUT2D eigenvalue weighted by molar-refractivity contribution is 5.85. The molecule has 0 fully saturated rings. The van der Waals surface area contributed by atoms with Gasteiger partial charge in [-0.25, -0.2) is 4.79 Å². The minimum Gasteiger partial charge on any atom is -0.477 e. The molecule has 0 aliphatic rings. The third-order valence-electron chi connectivity index (χ3n) is 1.31. The van der Waals surface area contributed by atoms with Crippen molar-refractivity contribution in [3.8, 4) is 0 Å². The van der Waals surface area contributed by atoms with Crippen LogP contribution in [0, 0.1) is 0 Å². The molecule has 0 saturated carbocycles. The van der Waals surface area contributed by atoms with Crippen molar-refractivity contribution in [2.24, 2.45) is 7.05 Å². The first kappa shape index (κ1) is 7.74. The van der Waals surface area contributed by atoms with Crippen LogP contribution in [0.2, 0.25) is 0 Å². The number of aliphatic hydroxyl groups excluding tert-OH is 1. The fourth-order valence-electron chi connectivity index (χ4n) is 0.804. The van der Waals surface area contributed by atoms with Crippen LogP contribution >= 0.6 is 0 Å². The van der Waals surface area contributed by atoms with Crippen molar-refractivity contribution in [1.82, 2.24) is 9.78 Å². The molecular formula is C6H8N2O3. The molecule has 0 spiro atoms. The Morgan fingerprint density at radius 1 is 1.82 bits per heavy atom. The number of hydrogen-bond donors (Lipinski definition) is 2. The fraction of sp³-hybridized carbons (Fsp3) is 0.333. The van der Waals surface area contributed by atoms with Crippen LogP contribution in [0.4, 0.5) is 0 Å². The van der Waals surface area contributed by atoms with Gasteiger partial charge >= 0.3 is 5.97 Å². The summed E-state index contributed by atoms with van der Waals surface area (Å²) in [5, 5.41) is 20.9. The molecule has 5 heteroatoms. The Bertz CT molecular complexity index is 279. The van der Waals surface area contributed by atoms with Crippen LogP contribution in [-0.2, 0) is 13.7 Å². The van der Waals surface area contributed by atoms with E-state index in [1.54, 1.807) is 0 Å². The number of aromatic nitrogens is 2. The van der Waals surface area contributed by atoms with Gasteiger partial charge in [-0.15, -0.1) is 0 Å². The fourth-order valence-corrected chi connectivity index (χ4v) is 0.804. The van der Waals surface area contributed by atoms with Crippen molar-refractivity contribution in [3.05, 3.63) is 17.5 Å². The maximum absolute atomic E-state index is 10.4. The molecule has 0 bridgehead atoms. The molecule has 0 aliphatic heterocycles. The summed E-state index contributed by atoms with van der Waals surface area (Å²) in [6, 6.07) is 1.34. The highest BCUT2D eigenvalue weighted by Gasteiger charge is 2.09. The van der Waals surface area contributed by atoms with Crippen LogP contribution in [0.1, 0.15) is 16.2 Å². The molecule has 0 saturated heterocycles. The minimum atomic E-state index is -1.04. The van der Waals surface area contributed by atoms with Crippen LogP contribution in [0.25, 0.3) is 0 Å². The highest BCUT2D eigenvalue weighted by Crippen LogP contribution is 2.01. The second-order valence-electron chi connectivity index (χ2n) is 2.11. The van der Waals surface area contributed by atoms with Gasteiger partial charge in [0.1, 0.15) is 5.69 Å². The first-order valence-corrected chi connectivity index (χ1v) is 3.02. The van der Waals surface area contributed by atoms with Crippen LogP contribution in [0.5, 0.6) is 0 Å². The van der Waals surface area contributed by atoms with E-state index in [1.807, 2.05) is 0 Å². The lowest BCUT2D eigenvalue weighted by Gasteiger charge is -1.91. The Hall–Kier alpha value is -1.36. The molecule has 11 heavy (non-hydrogen) atoms. The molecule has 1 rings (SSSR count). The molecule has 1 aromatic heterocycles. The predicted octanol–water partition coefficient (Wildman–Crippen LogP) is -0.389. The second kappa shape index (κ2) is 2.71. The number of aromatic carboxylic acids is 1. The average Bonchev–Trinajstić information content (AvgIpc) is 2.30. The SMILES string of the molecule is Cn1nc(CO)cc1C(=O)O. The summed E-state index contributed by atoms with van der Waals surface area (Å²) in [6.07, 6.45) is 0. The van der Waals surface area contributed by atoms with E-state index in [0.29, 0.717) is 5.69 Å². The number of hydrogen-bond acceptors (Lipinski definition) is 3. The van der Waals surface area contributed by atoms with Gasteiger partial charge in [0, 0.05) is 7.05 Å². The molecule has 0 amide bonds. The minimum absolute atomic E-state index is 0.0778. The normalized spacial score (nSPS) is 10.0. The molecule has 5 nitrogen and oxygen atoms in total. The summed E-state index contributed by atoms with van der Waals surface area (Å²) in [6.45, 7) is -0.235. The third kappa shape index (κ3) is 1.38. The lowest BCUT2D eigenvalue weighted by molar-refractivity contribution is 0.0685. The van der Waals surface area contributed by atoms with Gasteiger partial charge in [0.05, 0.1) is 12.3 Å². The summed E-state index contributed by atoms with van der Waals surface area (Å²) in [5.74, 6) is -1.04. The first-order chi connectivity index (χ1) is 5.15. The predicted molar refractivity (Wildman–Crippen MR) is 36.1 cm³/mol. The van der Waals surface area contributed by atoms with Crippen molar-refractivity contribution < 1.29 is 15.0 Å². The lowest BCUT2D eigenvalue weighted by atomic mass is 10.4. The van der Waals surface area contributed by atoms with Crippen LogP contribution in [-0.4, -0.2) is 26.0 Å². The summed E-state index contributed by atoms with van der Waals surface area (Å²) in [5.41, 5.74) is 0.443. The standard InChI is InChI=1S/C6H8N2O3/c1-8-5(6(10)11)2-4(3-9)7-8/h2,9H,3H2,1H3,(H,10,11). The number of carbonyl (C=O) groups is 1. The monoisotopic (exact) mass is 156 g/mol. The van der Waals surface area contributed by atoms with E-state index in [2.05, 4.69) is 5.10 Å². The van der Waals surface area contributed by atoms with Gasteiger partial charge in [-0.3, -0.25) is 4.68 Å². The van der Waals surface area contributed by atoms with Crippen molar-refractivity contribution in [1.29, 1.82) is 0 Å². The zero-order valence-corrected chi connectivity index (χ0v) is 5.98. The molecule has 1 heterocycles. The molecule has 0 radical (unpaired) electrons. The average molecular weight is 156 g/mol. The third-order valence-corrected chi connectivity index (χ3v) is 1.31. The van der Waals surface area contributed by atoms with Gasteiger partial charge in [0.25, 0.3) is 0 Å². The Kier molecular flexibility index (Phi) is 1.91. The topological polar surface area (TPSA) is 75.3 Å². The molecule has 1 aromatic rings. The number of aryl methyl sites for hydroxylation is 1. The molecule has 0 atom stereocenters. The van der Waals surface area contributed by atoms with Crippen LogP contribution in [0.15, 0.2) is 6.07 Å². The van der Waals surface area contributed by atoms with Crippen LogP contribution < -0.4 is 0 Å².